The third-order valence-corrected chi connectivity index (χ3v) is 5.83. The van der Waals surface area contributed by atoms with Crippen molar-refractivity contribution in [3.05, 3.63) is 33.9 Å². The SMILES string of the molecule is CC(=O)c1ccc(N2CCCC(CN3CCC(C)CC3)C2)c([N+](=O)[O-])c1. The summed E-state index contributed by atoms with van der Waals surface area (Å²) in [5.74, 6) is 1.23. The van der Waals surface area contributed by atoms with Crippen LogP contribution in [-0.4, -0.2) is 48.3 Å². The lowest BCUT2D eigenvalue weighted by Crippen LogP contribution is -2.43. The van der Waals surface area contributed by atoms with Gasteiger partial charge in [0, 0.05) is 31.3 Å². The van der Waals surface area contributed by atoms with Gasteiger partial charge in [0.2, 0.25) is 0 Å². The van der Waals surface area contributed by atoms with Crippen molar-refractivity contribution in [2.45, 2.75) is 39.5 Å². The number of Topliss-reactive ketones (excluding diaryl/α,β-unsaturated/α-hetero) is 1. The van der Waals surface area contributed by atoms with Crippen LogP contribution in [0.25, 0.3) is 0 Å². The maximum atomic E-state index is 11.6. The van der Waals surface area contributed by atoms with Gasteiger partial charge >= 0.3 is 0 Å². The van der Waals surface area contributed by atoms with Crippen LogP contribution in [0.1, 0.15) is 49.9 Å². The van der Waals surface area contributed by atoms with Gasteiger partial charge in [0.15, 0.2) is 5.78 Å². The van der Waals surface area contributed by atoms with Gasteiger partial charge in [-0.25, -0.2) is 0 Å². The van der Waals surface area contributed by atoms with Gasteiger partial charge in [0.05, 0.1) is 4.92 Å². The van der Waals surface area contributed by atoms with Crippen LogP contribution in [0, 0.1) is 22.0 Å². The van der Waals surface area contributed by atoms with E-state index in [2.05, 4.69) is 16.7 Å². The number of carbonyl (C=O) groups excluding carboxylic acids is 1. The highest BCUT2D eigenvalue weighted by molar-refractivity contribution is 5.95. The summed E-state index contributed by atoms with van der Waals surface area (Å²) >= 11 is 0. The average Bonchev–Trinajstić information content (AvgIpc) is 2.63. The molecular formula is C20H29N3O3. The third-order valence-electron chi connectivity index (χ3n) is 5.83. The lowest BCUT2D eigenvalue weighted by atomic mass is 9.94. The summed E-state index contributed by atoms with van der Waals surface area (Å²) in [4.78, 5) is 27.4. The van der Waals surface area contributed by atoms with Crippen LogP contribution < -0.4 is 4.90 Å². The third kappa shape index (κ3) is 4.41. The molecule has 26 heavy (non-hydrogen) atoms. The van der Waals surface area contributed by atoms with E-state index < -0.39 is 0 Å². The molecule has 0 bridgehead atoms. The van der Waals surface area contributed by atoms with Crippen LogP contribution in [-0.2, 0) is 0 Å². The Kier molecular flexibility index (Phi) is 5.91. The highest BCUT2D eigenvalue weighted by Crippen LogP contribution is 2.33. The van der Waals surface area contributed by atoms with E-state index in [0.29, 0.717) is 17.2 Å². The molecule has 0 amide bonds. The lowest BCUT2D eigenvalue weighted by Gasteiger charge is -2.38. The first-order valence-corrected chi connectivity index (χ1v) is 9.70. The maximum Gasteiger partial charge on any atom is 0.293 e. The minimum atomic E-state index is -0.364. The van der Waals surface area contributed by atoms with Gasteiger partial charge in [0.1, 0.15) is 5.69 Å². The molecule has 1 aromatic rings. The summed E-state index contributed by atoms with van der Waals surface area (Å²) in [7, 11) is 0. The fourth-order valence-electron chi connectivity index (χ4n) is 4.20. The molecule has 0 aromatic heterocycles. The quantitative estimate of drug-likeness (QED) is 0.455. The zero-order valence-corrected chi connectivity index (χ0v) is 15.8. The Balaban J connectivity index is 1.71. The van der Waals surface area contributed by atoms with Crippen molar-refractivity contribution >= 4 is 17.2 Å². The summed E-state index contributed by atoms with van der Waals surface area (Å²) < 4.78 is 0. The molecule has 0 radical (unpaired) electrons. The van der Waals surface area contributed by atoms with Gasteiger partial charge < -0.3 is 9.80 Å². The molecule has 6 nitrogen and oxygen atoms in total. The van der Waals surface area contributed by atoms with Gasteiger partial charge in [-0.2, -0.15) is 0 Å². The number of nitro groups is 1. The molecule has 1 aromatic carbocycles. The smallest absolute Gasteiger partial charge is 0.293 e. The fourth-order valence-corrected chi connectivity index (χ4v) is 4.20. The number of hydrogen-bond acceptors (Lipinski definition) is 5. The predicted molar refractivity (Wildman–Crippen MR) is 103 cm³/mol. The molecule has 1 atom stereocenters. The van der Waals surface area contributed by atoms with Crippen molar-refractivity contribution in [2.24, 2.45) is 11.8 Å². The second-order valence-electron chi connectivity index (χ2n) is 7.95. The lowest BCUT2D eigenvalue weighted by molar-refractivity contribution is -0.384. The summed E-state index contributed by atoms with van der Waals surface area (Å²) in [5, 5.41) is 11.5. The van der Waals surface area contributed by atoms with E-state index in [9.17, 15) is 14.9 Å². The first kappa shape index (κ1) is 18.8. The largest absolute Gasteiger partial charge is 0.366 e. The van der Waals surface area contributed by atoms with E-state index in [-0.39, 0.29) is 16.4 Å². The summed E-state index contributed by atoms with van der Waals surface area (Å²) in [6, 6.07) is 4.88. The number of carbonyl (C=O) groups is 1. The number of piperidine rings is 2. The summed E-state index contributed by atoms with van der Waals surface area (Å²) in [6.45, 7) is 8.89. The Morgan fingerprint density at radius 3 is 2.62 bits per heavy atom. The van der Waals surface area contributed by atoms with Crippen molar-refractivity contribution in [3.8, 4) is 0 Å². The van der Waals surface area contributed by atoms with Crippen molar-refractivity contribution in [1.29, 1.82) is 0 Å². The average molecular weight is 359 g/mol. The number of hydrogen-bond donors (Lipinski definition) is 0. The normalized spacial score (nSPS) is 22.4. The Bertz CT molecular complexity index is 668. The molecule has 2 heterocycles. The van der Waals surface area contributed by atoms with Crippen LogP contribution in [0.15, 0.2) is 18.2 Å². The molecule has 0 N–H and O–H groups in total. The van der Waals surface area contributed by atoms with E-state index in [1.807, 2.05) is 0 Å². The maximum absolute atomic E-state index is 11.6. The Hall–Kier alpha value is -1.95. The summed E-state index contributed by atoms with van der Waals surface area (Å²) in [6.07, 6.45) is 4.78. The molecule has 1 unspecified atom stereocenters. The van der Waals surface area contributed by atoms with Crippen molar-refractivity contribution in [3.63, 3.8) is 0 Å². The number of rotatable bonds is 5. The van der Waals surface area contributed by atoms with Gasteiger partial charge in [-0.05, 0) is 69.7 Å². The van der Waals surface area contributed by atoms with Gasteiger partial charge in [-0.3, -0.25) is 14.9 Å². The zero-order valence-electron chi connectivity index (χ0n) is 15.8. The number of likely N-dealkylation sites (tertiary alicyclic amines) is 1. The molecule has 2 fully saturated rings. The molecule has 0 aliphatic carbocycles. The van der Waals surface area contributed by atoms with Gasteiger partial charge in [0.25, 0.3) is 5.69 Å². The molecule has 0 saturated carbocycles. The molecule has 2 saturated heterocycles. The highest BCUT2D eigenvalue weighted by Gasteiger charge is 2.28. The van der Waals surface area contributed by atoms with E-state index in [4.69, 9.17) is 0 Å². The molecule has 2 aliphatic rings. The van der Waals surface area contributed by atoms with Crippen molar-refractivity contribution in [2.75, 3.05) is 37.6 Å². The number of nitrogens with zero attached hydrogens (tertiary/aromatic N) is 3. The van der Waals surface area contributed by atoms with Crippen LogP contribution in [0.4, 0.5) is 11.4 Å². The first-order valence-electron chi connectivity index (χ1n) is 9.70. The Labute approximate surface area is 155 Å². The van der Waals surface area contributed by atoms with Gasteiger partial charge in [-0.1, -0.05) is 6.92 Å². The summed E-state index contributed by atoms with van der Waals surface area (Å²) in [5.41, 5.74) is 1.10. The van der Waals surface area contributed by atoms with Gasteiger partial charge in [-0.15, -0.1) is 0 Å². The zero-order chi connectivity index (χ0) is 18.7. The molecule has 0 spiro atoms. The van der Waals surface area contributed by atoms with Crippen LogP contribution in [0.5, 0.6) is 0 Å². The van der Waals surface area contributed by atoms with Crippen molar-refractivity contribution in [1.82, 2.24) is 4.90 Å². The van der Waals surface area contributed by atoms with E-state index in [0.717, 1.165) is 32.0 Å². The Morgan fingerprint density at radius 2 is 1.96 bits per heavy atom. The molecular weight excluding hydrogens is 330 g/mol. The second kappa shape index (κ2) is 8.16. The minimum absolute atomic E-state index is 0.0464. The molecule has 3 rings (SSSR count). The van der Waals surface area contributed by atoms with E-state index in [1.165, 1.54) is 45.3 Å². The van der Waals surface area contributed by atoms with Crippen LogP contribution in [0.2, 0.25) is 0 Å². The number of nitro benzene ring substituents is 1. The molecule has 142 valence electrons. The molecule has 2 aliphatic heterocycles. The monoisotopic (exact) mass is 359 g/mol. The topological polar surface area (TPSA) is 66.7 Å². The number of ketones is 1. The Morgan fingerprint density at radius 1 is 1.23 bits per heavy atom. The van der Waals surface area contributed by atoms with E-state index in [1.54, 1.807) is 12.1 Å². The number of anilines is 1. The first-order chi connectivity index (χ1) is 12.4. The standard InChI is InChI=1S/C20H29N3O3/c1-15-7-10-21(11-8-15)13-17-4-3-9-22(14-17)19-6-5-18(16(2)24)12-20(19)23(25)26/h5-6,12,15,17H,3-4,7-11,13-14H2,1-2H3. The fraction of sp³-hybridized carbons (Fsp3) is 0.650. The predicted octanol–water partition coefficient (Wildman–Crippen LogP) is 3.75. The van der Waals surface area contributed by atoms with E-state index >= 15 is 0 Å². The van der Waals surface area contributed by atoms with Crippen molar-refractivity contribution < 1.29 is 9.72 Å². The second-order valence-corrected chi connectivity index (χ2v) is 7.95. The highest BCUT2D eigenvalue weighted by atomic mass is 16.6. The van der Waals surface area contributed by atoms with Crippen LogP contribution in [0.3, 0.4) is 0 Å². The number of benzene rings is 1. The van der Waals surface area contributed by atoms with Crippen LogP contribution >= 0.6 is 0 Å². The molecule has 6 heteroatoms. The minimum Gasteiger partial charge on any atom is -0.366 e.